The fourth-order valence-corrected chi connectivity index (χ4v) is 1.57. The first-order chi connectivity index (χ1) is 6.87. The zero-order valence-electron chi connectivity index (χ0n) is 7.41. The van der Waals surface area contributed by atoms with Crippen LogP contribution in [0.2, 0.25) is 0 Å². The molecule has 0 amide bonds. The molecule has 0 saturated carbocycles. The third kappa shape index (κ3) is 4.85. The van der Waals surface area contributed by atoms with Gasteiger partial charge in [-0.1, -0.05) is 12.1 Å². The van der Waals surface area contributed by atoms with Gasteiger partial charge in [-0.05, 0) is 17.7 Å². The summed E-state index contributed by atoms with van der Waals surface area (Å²) in [6, 6.07) is 4.85. The van der Waals surface area contributed by atoms with Crippen molar-refractivity contribution < 1.29 is 27.4 Å². The molecule has 0 fully saturated rings. The molecule has 0 aliphatic carbocycles. The van der Waals surface area contributed by atoms with Gasteiger partial charge in [0.15, 0.2) is 8.03 Å². The van der Waals surface area contributed by atoms with Gasteiger partial charge >= 0.3 is 6.36 Å². The van der Waals surface area contributed by atoms with Crippen molar-refractivity contribution in [1.82, 2.24) is 0 Å². The van der Waals surface area contributed by atoms with Crippen molar-refractivity contribution in [1.29, 1.82) is 0 Å². The summed E-state index contributed by atoms with van der Waals surface area (Å²) in [4.78, 5) is 8.60. The number of hydrogen-bond donors (Lipinski definition) is 1. The second kappa shape index (κ2) is 4.68. The molecule has 3 nitrogen and oxygen atoms in total. The predicted molar refractivity (Wildman–Crippen MR) is 48.0 cm³/mol. The van der Waals surface area contributed by atoms with Gasteiger partial charge in [-0.15, -0.1) is 13.2 Å². The zero-order chi connectivity index (χ0) is 11.5. The van der Waals surface area contributed by atoms with Crippen LogP contribution in [0.3, 0.4) is 0 Å². The molecule has 1 aromatic rings. The van der Waals surface area contributed by atoms with Crippen molar-refractivity contribution in [3.05, 3.63) is 29.8 Å². The van der Waals surface area contributed by atoms with Crippen molar-refractivity contribution in [3.8, 4) is 5.75 Å². The normalized spacial score (nSPS) is 13.6. The highest BCUT2D eigenvalue weighted by Crippen LogP contribution is 2.25. The van der Waals surface area contributed by atoms with Gasteiger partial charge in [-0.2, -0.15) is 0 Å². The second-order valence-electron chi connectivity index (χ2n) is 2.76. The van der Waals surface area contributed by atoms with E-state index in [1.165, 1.54) is 12.1 Å². The van der Waals surface area contributed by atoms with Crippen LogP contribution in [0.4, 0.5) is 13.2 Å². The molecule has 1 rings (SSSR count). The topological polar surface area (TPSA) is 46.5 Å². The molecule has 7 heteroatoms. The van der Waals surface area contributed by atoms with Crippen LogP contribution in [0.25, 0.3) is 0 Å². The van der Waals surface area contributed by atoms with Crippen molar-refractivity contribution in [3.63, 3.8) is 0 Å². The van der Waals surface area contributed by atoms with Crippen molar-refractivity contribution >= 4 is 8.03 Å². The minimum absolute atomic E-state index is 0.0447. The van der Waals surface area contributed by atoms with Gasteiger partial charge in [-0.25, -0.2) is 0 Å². The lowest BCUT2D eigenvalue weighted by molar-refractivity contribution is -0.274. The van der Waals surface area contributed by atoms with Crippen molar-refractivity contribution in [2.45, 2.75) is 12.5 Å². The number of hydrogen-bond acceptors (Lipinski definition) is 2. The fraction of sp³-hybridized carbons (Fsp3) is 0.250. The number of halogens is 3. The summed E-state index contributed by atoms with van der Waals surface area (Å²) in [6.07, 6.45) is -4.76. The molecule has 0 spiro atoms. The standard InChI is InChI=1S/C8H8F3O3P/c9-8(10,11)14-7-3-1-6(2-4-7)5-15(12)13/h1-4,15H,5H2,(H,12,13). The Kier molecular flexibility index (Phi) is 3.77. The van der Waals surface area contributed by atoms with Crippen LogP contribution in [-0.2, 0) is 10.7 Å². The lowest BCUT2D eigenvalue weighted by atomic mass is 10.2. The molecule has 0 aromatic heterocycles. The minimum atomic E-state index is -4.72. The van der Waals surface area contributed by atoms with Crippen LogP contribution in [0.1, 0.15) is 5.56 Å². The Balaban J connectivity index is 2.68. The Hall–Kier alpha value is -1.00. The third-order valence-electron chi connectivity index (χ3n) is 1.51. The van der Waals surface area contributed by atoms with E-state index in [0.717, 1.165) is 12.1 Å². The van der Waals surface area contributed by atoms with E-state index in [4.69, 9.17) is 4.89 Å². The SMILES string of the molecule is O=[PH](O)Cc1ccc(OC(F)(F)F)cc1. The van der Waals surface area contributed by atoms with Gasteiger partial charge in [0, 0.05) is 6.16 Å². The number of ether oxygens (including phenoxy) is 1. The van der Waals surface area contributed by atoms with Crippen LogP contribution in [0.15, 0.2) is 24.3 Å². The molecular weight excluding hydrogens is 232 g/mol. The molecule has 1 atom stereocenters. The molecule has 15 heavy (non-hydrogen) atoms. The Bertz CT molecular complexity index is 347. The lowest BCUT2D eigenvalue weighted by Gasteiger charge is -2.08. The van der Waals surface area contributed by atoms with E-state index in [1.807, 2.05) is 0 Å². The Morgan fingerprint density at radius 1 is 1.27 bits per heavy atom. The highest BCUT2D eigenvalue weighted by molar-refractivity contribution is 7.37. The smallest absolute Gasteiger partial charge is 0.406 e. The Labute approximate surface area is 84.4 Å². The summed E-state index contributed by atoms with van der Waals surface area (Å²) in [7, 11) is -2.65. The van der Waals surface area contributed by atoms with E-state index in [9.17, 15) is 17.7 Å². The van der Waals surface area contributed by atoms with Crippen LogP contribution in [0.5, 0.6) is 5.75 Å². The van der Waals surface area contributed by atoms with E-state index in [0.29, 0.717) is 5.56 Å². The fourth-order valence-electron chi connectivity index (χ4n) is 0.984. The van der Waals surface area contributed by atoms with Crippen molar-refractivity contribution in [2.24, 2.45) is 0 Å². The molecular formula is C8H8F3O3P. The molecule has 1 N–H and O–H groups in total. The van der Waals surface area contributed by atoms with E-state index >= 15 is 0 Å². The highest BCUT2D eigenvalue weighted by atomic mass is 31.1. The molecule has 0 saturated heterocycles. The van der Waals surface area contributed by atoms with Crippen LogP contribution in [0, 0.1) is 0 Å². The van der Waals surface area contributed by atoms with E-state index in [-0.39, 0.29) is 11.9 Å². The molecule has 1 unspecified atom stereocenters. The van der Waals surface area contributed by atoms with Gasteiger partial charge in [0.1, 0.15) is 5.75 Å². The van der Waals surface area contributed by atoms with Gasteiger partial charge in [0.05, 0.1) is 0 Å². The summed E-state index contributed by atoms with van der Waals surface area (Å²) < 4.78 is 49.3. The number of rotatable bonds is 3. The molecule has 0 bridgehead atoms. The zero-order valence-corrected chi connectivity index (χ0v) is 8.41. The summed E-state index contributed by atoms with van der Waals surface area (Å²) in [6.45, 7) is 0. The Morgan fingerprint density at radius 3 is 2.20 bits per heavy atom. The molecule has 84 valence electrons. The number of alkyl halides is 3. The third-order valence-corrected chi connectivity index (χ3v) is 2.22. The van der Waals surface area contributed by atoms with Gasteiger partial charge < -0.3 is 9.63 Å². The summed E-state index contributed by atoms with van der Waals surface area (Å²) in [5.41, 5.74) is 0.496. The predicted octanol–water partition coefficient (Wildman–Crippen LogP) is 2.55. The summed E-state index contributed by atoms with van der Waals surface area (Å²) in [5, 5.41) is 0. The quantitative estimate of drug-likeness (QED) is 0.826. The van der Waals surface area contributed by atoms with Gasteiger partial charge in [-0.3, -0.25) is 4.57 Å². The number of benzene rings is 1. The first-order valence-electron chi connectivity index (χ1n) is 3.93. The van der Waals surface area contributed by atoms with Crippen LogP contribution in [-0.4, -0.2) is 11.3 Å². The maximum Gasteiger partial charge on any atom is 0.573 e. The lowest BCUT2D eigenvalue weighted by Crippen LogP contribution is -2.16. The summed E-state index contributed by atoms with van der Waals surface area (Å²) >= 11 is 0. The average molecular weight is 240 g/mol. The van der Waals surface area contributed by atoms with E-state index in [2.05, 4.69) is 4.74 Å². The van der Waals surface area contributed by atoms with Crippen LogP contribution < -0.4 is 4.74 Å². The molecule has 0 heterocycles. The minimum Gasteiger partial charge on any atom is -0.406 e. The van der Waals surface area contributed by atoms with Gasteiger partial charge in [0.2, 0.25) is 0 Å². The van der Waals surface area contributed by atoms with E-state index < -0.39 is 14.4 Å². The van der Waals surface area contributed by atoms with Crippen molar-refractivity contribution in [2.75, 3.05) is 0 Å². The Morgan fingerprint density at radius 2 is 1.80 bits per heavy atom. The molecule has 0 aliphatic heterocycles. The monoisotopic (exact) mass is 240 g/mol. The van der Waals surface area contributed by atoms with E-state index in [1.54, 1.807) is 0 Å². The molecule has 1 aromatic carbocycles. The molecule has 0 aliphatic rings. The highest BCUT2D eigenvalue weighted by Gasteiger charge is 2.30. The largest absolute Gasteiger partial charge is 0.573 e. The second-order valence-corrected chi connectivity index (χ2v) is 3.90. The molecule has 0 radical (unpaired) electrons. The van der Waals surface area contributed by atoms with Crippen LogP contribution >= 0.6 is 8.03 Å². The summed E-state index contributed by atoms with van der Waals surface area (Å²) in [5.74, 6) is -0.344. The first-order valence-corrected chi connectivity index (χ1v) is 5.49. The van der Waals surface area contributed by atoms with Gasteiger partial charge in [0.25, 0.3) is 0 Å². The maximum absolute atomic E-state index is 11.7. The maximum atomic E-state index is 11.7. The average Bonchev–Trinajstić information content (AvgIpc) is 2.05. The first kappa shape index (κ1) is 12.1.